The number of hydrogen-bond donors (Lipinski definition) is 1. The fourth-order valence-electron chi connectivity index (χ4n) is 1.76. The zero-order chi connectivity index (χ0) is 14.4. The van der Waals surface area contributed by atoms with Crippen LogP contribution in [-0.2, 0) is 4.79 Å². The van der Waals surface area contributed by atoms with E-state index < -0.39 is 0 Å². The lowest BCUT2D eigenvalue weighted by Gasteiger charge is -2.10. The first-order valence-electron chi connectivity index (χ1n) is 6.38. The molecule has 0 saturated heterocycles. The van der Waals surface area contributed by atoms with Crippen molar-refractivity contribution < 1.29 is 14.3 Å². The summed E-state index contributed by atoms with van der Waals surface area (Å²) >= 11 is 0. The monoisotopic (exact) mass is 263 g/mol. The van der Waals surface area contributed by atoms with Crippen LogP contribution >= 0.6 is 0 Å². The Bertz CT molecular complexity index is 466. The molecule has 0 spiro atoms. The van der Waals surface area contributed by atoms with Gasteiger partial charge in [-0.25, -0.2) is 0 Å². The minimum absolute atomic E-state index is 0.00532. The van der Waals surface area contributed by atoms with Crippen LogP contribution in [0.25, 0.3) is 0 Å². The van der Waals surface area contributed by atoms with E-state index in [-0.39, 0.29) is 24.2 Å². The van der Waals surface area contributed by atoms with Gasteiger partial charge < -0.3 is 10.1 Å². The molecule has 0 unspecified atom stereocenters. The molecule has 0 saturated carbocycles. The summed E-state index contributed by atoms with van der Waals surface area (Å²) in [5.41, 5.74) is 1.49. The Labute approximate surface area is 114 Å². The summed E-state index contributed by atoms with van der Waals surface area (Å²) in [6, 6.07) is 5.42. The molecule has 0 aliphatic rings. The van der Waals surface area contributed by atoms with Crippen molar-refractivity contribution in [3.05, 3.63) is 29.3 Å². The Kier molecular flexibility index (Phi) is 5.55. The van der Waals surface area contributed by atoms with Crippen LogP contribution in [0.2, 0.25) is 0 Å². The van der Waals surface area contributed by atoms with Crippen LogP contribution in [0.4, 0.5) is 0 Å². The molecular formula is C15H21NO3. The number of aryl methyl sites for hydroxylation is 1. The normalized spacial score (nSPS) is 10.4. The number of ketones is 1. The highest BCUT2D eigenvalue weighted by molar-refractivity contribution is 6.01. The summed E-state index contributed by atoms with van der Waals surface area (Å²) in [4.78, 5) is 23.6. The van der Waals surface area contributed by atoms with Crippen molar-refractivity contribution in [2.75, 3.05) is 13.7 Å². The largest absolute Gasteiger partial charge is 0.496 e. The first kappa shape index (κ1) is 15.2. The molecule has 4 nitrogen and oxygen atoms in total. The first-order valence-corrected chi connectivity index (χ1v) is 6.38. The van der Waals surface area contributed by atoms with E-state index in [1.165, 1.54) is 7.11 Å². The lowest BCUT2D eigenvalue weighted by Crippen LogP contribution is -2.30. The number of rotatable bonds is 6. The highest BCUT2D eigenvalue weighted by Gasteiger charge is 2.14. The van der Waals surface area contributed by atoms with E-state index in [0.29, 0.717) is 17.7 Å². The predicted molar refractivity (Wildman–Crippen MR) is 74.5 cm³/mol. The number of carbonyl (C=O) groups is 2. The average molecular weight is 263 g/mol. The average Bonchev–Trinajstić information content (AvgIpc) is 2.35. The van der Waals surface area contributed by atoms with E-state index >= 15 is 0 Å². The smallest absolute Gasteiger partial charge is 0.220 e. The molecule has 19 heavy (non-hydrogen) atoms. The van der Waals surface area contributed by atoms with Crippen LogP contribution in [0, 0.1) is 12.8 Å². The van der Waals surface area contributed by atoms with E-state index in [9.17, 15) is 9.59 Å². The molecule has 0 fully saturated rings. The molecule has 0 bridgehead atoms. The van der Waals surface area contributed by atoms with E-state index in [4.69, 9.17) is 4.74 Å². The third kappa shape index (κ3) is 4.73. The van der Waals surface area contributed by atoms with Gasteiger partial charge in [-0.3, -0.25) is 9.59 Å². The zero-order valence-electron chi connectivity index (χ0n) is 11.9. The van der Waals surface area contributed by atoms with Gasteiger partial charge in [0.2, 0.25) is 5.91 Å². The fourth-order valence-corrected chi connectivity index (χ4v) is 1.76. The summed E-state index contributed by atoms with van der Waals surface area (Å²) in [5.74, 6) is 0.574. The van der Waals surface area contributed by atoms with Gasteiger partial charge in [0.05, 0.1) is 19.2 Å². The Morgan fingerprint density at radius 1 is 1.32 bits per heavy atom. The fraction of sp³-hybridized carbons (Fsp3) is 0.467. The Morgan fingerprint density at radius 3 is 2.58 bits per heavy atom. The maximum atomic E-state index is 12.1. The third-order valence-electron chi connectivity index (χ3n) is 2.70. The minimum Gasteiger partial charge on any atom is -0.496 e. The van der Waals surface area contributed by atoms with E-state index in [0.717, 1.165) is 5.56 Å². The van der Waals surface area contributed by atoms with Gasteiger partial charge in [-0.2, -0.15) is 0 Å². The van der Waals surface area contributed by atoms with Crippen LogP contribution in [-0.4, -0.2) is 25.3 Å². The summed E-state index contributed by atoms with van der Waals surface area (Å²) in [5, 5.41) is 2.64. The zero-order valence-corrected chi connectivity index (χ0v) is 11.9. The molecule has 0 aliphatic heterocycles. The minimum atomic E-state index is -0.141. The molecule has 0 aromatic heterocycles. The molecule has 1 amide bonds. The summed E-state index contributed by atoms with van der Waals surface area (Å²) in [6.45, 7) is 5.84. The number of methoxy groups -OCH3 is 1. The van der Waals surface area contributed by atoms with Crippen molar-refractivity contribution in [3.63, 3.8) is 0 Å². The van der Waals surface area contributed by atoms with Crippen molar-refractivity contribution in [2.45, 2.75) is 27.2 Å². The molecular weight excluding hydrogens is 242 g/mol. The second-order valence-corrected chi connectivity index (χ2v) is 5.00. The molecule has 0 atom stereocenters. The molecule has 1 aromatic rings. The van der Waals surface area contributed by atoms with Crippen LogP contribution in [0.1, 0.15) is 36.2 Å². The second kappa shape index (κ2) is 6.92. The number of benzene rings is 1. The van der Waals surface area contributed by atoms with Gasteiger partial charge in [-0.15, -0.1) is 0 Å². The molecule has 0 radical (unpaired) electrons. The standard InChI is InChI=1S/C15H21NO3/c1-10(2)7-15(18)16-9-13(17)12-8-11(3)5-6-14(12)19-4/h5-6,8,10H,7,9H2,1-4H3,(H,16,18). The quantitative estimate of drug-likeness (QED) is 0.801. The number of amides is 1. The maximum absolute atomic E-state index is 12.1. The predicted octanol–water partition coefficient (Wildman–Crippen LogP) is 2.35. The van der Waals surface area contributed by atoms with Gasteiger partial charge in [-0.05, 0) is 25.0 Å². The number of carbonyl (C=O) groups excluding carboxylic acids is 2. The van der Waals surface area contributed by atoms with E-state index in [1.54, 1.807) is 12.1 Å². The molecule has 1 aromatic carbocycles. The Morgan fingerprint density at radius 2 is 2.00 bits per heavy atom. The van der Waals surface area contributed by atoms with Gasteiger partial charge in [-0.1, -0.05) is 25.5 Å². The SMILES string of the molecule is COc1ccc(C)cc1C(=O)CNC(=O)CC(C)C. The molecule has 0 aliphatic carbocycles. The molecule has 104 valence electrons. The van der Waals surface area contributed by atoms with Crippen LogP contribution in [0.15, 0.2) is 18.2 Å². The van der Waals surface area contributed by atoms with Crippen molar-refractivity contribution in [1.82, 2.24) is 5.32 Å². The number of nitrogens with one attached hydrogen (secondary N) is 1. The molecule has 4 heteroatoms. The highest BCUT2D eigenvalue weighted by atomic mass is 16.5. The van der Waals surface area contributed by atoms with Crippen molar-refractivity contribution in [2.24, 2.45) is 5.92 Å². The van der Waals surface area contributed by atoms with Crippen LogP contribution < -0.4 is 10.1 Å². The van der Waals surface area contributed by atoms with Crippen molar-refractivity contribution in [3.8, 4) is 5.75 Å². The lowest BCUT2D eigenvalue weighted by atomic mass is 10.1. The van der Waals surface area contributed by atoms with Gasteiger partial charge in [0.15, 0.2) is 5.78 Å². The third-order valence-corrected chi connectivity index (χ3v) is 2.70. The Balaban J connectivity index is 2.68. The number of ether oxygens (including phenoxy) is 1. The Hall–Kier alpha value is -1.84. The maximum Gasteiger partial charge on any atom is 0.220 e. The molecule has 0 heterocycles. The van der Waals surface area contributed by atoms with Crippen LogP contribution in [0.5, 0.6) is 5.75 Å². The summed E-state index contributed by atoms with van der Waals surface area (Å²) < 4.78 is 5.16. The van der Waals surface area contributed by atoms with E-state index in [2.05, 4.69) is 5.32 Å². The van der Waals surface area contributed by atoms with E-state index in [1.807, 2.05) is 26.8 Å². The van der Waals surface area contributed by atoms with Crippen molar-refractivity contribution >= 4 is 11.7 Å². The topological polar surface area (TPSA) is 55.4 Å². The van der Waals surface area contributed by atoms with Gasteiger partial charge in [0, 0.05) is 6.42 Å². The molecule has 1 rings (SSSR count). The van der Waals surface area contributed by atoms with Gasteiger partial charge in [0.1, 0.15) is 5.75 Å². The summed E-state index contributed by atoms with van der Waals surface area (Å²) in [6.07, 6.45) is 0.429. The molecule has 1 N–H and O–H groups in total. The van der Waals surface area contributed by atoms with Crippen LogP contribution in [0.3, 0.4) is 0 Å². The van der Waals surface area contributed by atoms with Gasteiger partial charge in [0.25, 0.3) is 0 Å². The number of hydrogen-bond acceptors (Lipinski definition) is 3. The first-order chi connectivity index (χ1) is 8.93. The summed E-state index contributed by atoms with van der Waals surface area (Å²) in [7, 11) is 1.53. The van der Waals surface area contributed by atoms with Crippen molar-refractivity contribution in [1.29, 1.82) is 0 Å². The number of Topliss-reactive ketones (excluding diaryl/α,β-unsaturated/α-hetero) is 1. The second-order valence-electron chi connectivity index (χ2n) is 5.00. The highest BCUT2D eigenvalue weighted by Crippen LogP contribution is 2.19. The lowest BCUT2D eigenvalue weighted by molar-refractivity contribution is -0.121. The van der Waals surface area contributed by atoms with Gasteiger partial charge >= 0.3 is 0 Å².